The third kappa shape index (κ3) is 5.14. The number of rotatable bonds is 5. The molecule has 2 unspecified atom stereocenters. The lowest BCUT2D eigenvalue weighted by Crippen LogP contribution is -2.54. The molecule has 26 heavy (non-hydrogen) atoms. The highest BCUT2D eigenvalue weighted by Gasteiger charge is 2.35. The van der Waals surface area contributed by atoms with E-state index in [1.165, 1.54) is 19.8 Å². The zero-order chi connectivity index (χ0) is 18.4. The van der Waals surface area contributed by atoms with Crippen molar-refractivity contribution in [2.24, 2.45) is 5.16 Å². The normalized spacial score (nSPS) is 25.2. The Morgan fingerprint density at radius 3 is 2.65 bits per heavy atom. The minimum atomic E-state index is -0.395. The van der Waals surface area contributed by atoms with Crippen molar-refractivity contribution >= 4 is 17.6 Å². The molecule has 0 spiro atoms. The number of amides is 1. The van der Waals surface area contributed by atoms with E-state index < -0.39 is 5.97 Å². The molecule has 1 amide bonds. The van der Waals surface area contributed by atoms with Crippen LogP contribution in [0.4, 0.5) is 0 Å². The SMILES string of the molecule is CC(=O)O/N=C1\CCC(NC(=O)Cc2ccccc2)C(N2CCCC2)C1. The summed E-state index contributed by atoms with van der Waals surface area (Å²) < 4.78 is 0. The van der Waals surface area contributed by atoms with Crippen molar-refractivity contribution in [3.8, 4) is 0 Å². The smallest absolute Gasteiger partial charge is 0.331 e. The second-order valence-electron chi connectivity index (χ2n) is 7.13. The van der Waals surface area contributed by atoms with Gasteiger partial charge in [-0.2, -0.15) is 0 Å². The van der Waals surface area contributed by atoms with Gasteiger partial charge >= 0.3 is 5.97 Å². The number of carbonyl (C=O) groups excluding carboxylic acids is 2. The van der Waals surface area contributed by atoms with E-state index in [4.69, 9.17) is 4.84 Å². The van der Waals surface area contributed by atoms with Gasteiger partial charge in [-0.1, -0.05) is 35.5 Å². The maximum absolute atomic E-state index is 12.5. The van der Waals surface area contributed by atoms with E-state index in [0.29, 0.717) is 6.42 Å². The molecule has 1 saturated carbocycles. The van der Waals surface area contributed by atoms with Gasteiger partial charge in [0, 0.05) is 25.4 Å². The lowest BCUT2D eigenvalue weighted by molar-refractivity contribution is -0.141. The van der Waals surface area contributed by atoms with Crippen molar-refractivity contribution in [1.82, 2.24) is 10.2 Å². The molecule has 3 rings (SSSR count). The lowest BCUT2D eigenvalue weighted by atomic mass is 9.87. The number of carbonyl (C=O) groups is 2. The van der Waals surface area contributed by atoms with Gasteiger partial charge in [0.15, 0.2) is 0 Å². The molecule has 1 N–H and O–H groups in total. The van der Waals surface area contributed by atoms with Crippen LogP contribution in [0.15, 0.2) is 35.5 Å². The molecular weight excluding hydrogens is 330 g/mol. The third-order valence-electron chi connectivity index (χ3n) is 5.12. The molecule has 1 aromatic rings. The Labute approximate surface area is 154 Å². The van der Waals surface area contributed by atoms with Crippen LogP contribution in [0.1, 0.15) is 44.6 Å². The molecule has 6 heteroatoms. The fraction of sp³-hybridized carbons (Fsp3) is 0.550. The molecular formula is C20H27N3O3. The van der Waals surface area contributed by atoms with Gasteiger partial charge in [-0.25, -0.2) is 4.79 Å². The Bertz CT molecular complexity index is 654. The van der Waals surface area contributed by atoms with Gasteiger partial charge in [-0.3, -0.25) is 9.69 Å². The van der Waals surface area contributed by atoms with Crippen LogP contribution in [0.25, 0.3) is 0 Å². The molecule has 140 valence electrons. The van der Waals surface area contributed by atoms with Gasteiger partial charge < -0.3 is 10.2 Å². The summed E-state index contributed by atoms with van der Waals surface area (Å²) in [6.45, 7) is 3.46. The first-order valence-corrected chi connectivity index (χ1v) is 9.42. The van der Waals surface area contributed by atoms with Crippen molar-refractivity contribution in [2.75, 3.05) is 13.1 Å². The molecule has 1 heterocycles. The summed E-state index contributed by atoms with van der Waals surface area (Å²) in [5.41, 5.74) is 1.93. The largest absolute Gasteiger partial charge is 0.351 e. The molecule has 2 aliphatic rings. The predicted octanol–water partition coefficient (Wildman–Crippen LogP) is 2.28. The molecule has 1 aromatic carbocycles. The highest BCUT2D eigenvalue weighted by molar-refractivity contribution is 5.87. The number of hydrogen-bond acceptors (Lipinski definition) is 5. The van der Waals surface area contributed by atoms with Crippen LogP contribution in [0, 0.1) is 0 Å². The monoisotopic (exact) mass is 357 g/mol. The van der Waals surface area contributed by atoms with Gasteiger partial charge in [-0.05, 0) is 44.3 Å². The Balaban J connectivity index is 1.63. The number of nitrogens with one attached hydrogen (secondary N) is 1. The number of oxime groups is 1. The van der Waals surface area contributed by atoms with Gasteiger partial charge in [0.1, 0.15) is 0 Å². The lowest BCUT2D eigenvalue weighted by Gasteiger charge is -2.38. The van der Waals surface area contributed by atoms with Gasteiger partial charge in [-0.15, -0.1) is 0 Å². The van der Waals surface area contributed by atoms with Crippen molar-refractivity contribution < 1.29 is 14.4 Å². The van der Waals surface area contributed by atoms with E-state index in [0.717, 1.165) is 43.6 Å². The molecule has 1 aliphatic carbocycles. The number of nitrogens with zero attached hydrogens (tertiary/aromatic N) is 2. The Morgan fingerprint density at radius 2 is 1.96 bits per heavy atom. The average Bonchev–Trinajstić information content (AvgIpc) is 3.16. The van der Waals surface area contributed by atoms with Crippen molar-refractivity contribution in [2.45, 2.75) is 57.5 Å². The summed E-state index contributed by atoms with van der Waals surface area (Å²) in [7, 11) is 0. The van der Waals surface area contributed by atoms with Crippen LogP contribution in [-0.2, 0) is 20.8 Å². The molecule has 1 aliphatic heterocycles. The van der Waals surface area contributed by atoms with Crippen molar-refractivity contribution in [3.05, 3.63) is 35.9 Å². The summed E-state index contributed by atoms with van der Waals surface area (Å²) in [6, 6.07) is 10.1. The van der Waals surface area contributed by atoms with Crippen LogP contribution >= 0.6 is 0 Å². The van der Waals surface area contributed by atoms with E-state index in [9.17, 15) is 9.59 Å². The number of likely N-dealkylation sites (tertiary alicyclic amines) is 1. The van der Waals surface area contributed by atoms with E-state index in [1.54, 1.807) is 0 Å². The summed E-state index contributed by atoms with van der Waals surface area (Å²) in [5, 5.41) is 7.25. The first-order valence-electron chi connectivity index (χ1n) is 9.42. The standard InChI is InChI=1S/C20H27N3O3/c1-15(24)26-22-17-9-10-18(19(14-17)23-11-5-6-12-23)21-20(25)13-16-7-3-2-4-8-16/h2-4,7-8,18-19H,5-6,9-14H2,1H3,(H,21,25)/b22-17+. The zero-order valence-electron chi connectivity index (χ0n) is 15.3. The summed E-state index contributed by atoms with van der Waals surface area (Å²) in [4.78, 5) is 30.8. The second-order valence-corrected chi connectivity index (χ2v) is 7.13. The quantitative estimate of drug-likeness (QED) is 0.648. The minimum Gasteiger partial charge on any atom is -0.351 e. The van der Waals surface area contributed by atoms with Crippen LogP contribution < -0.4 is 5.32 Å². The maximum Gasteiger partial charge on any atom is 0.331 e. The highest BCUT2D eigenvalue weighted by Crippen LogP contribution is 2.25. The zero-order valence-corrected chi connectivity index (χ0v) is 15.3. The number of benzene rings is 1. The fourth-order valence-electron chi connectivity index (χ4n) is 3.88. The van der Waals surface area contributed by atoms with E-state index in [-0.39, 0.29) is 18.0 Å². The van der Waals surface area contributed by atoms with E-state index >= 15 is 0 Å². The van der Waals surface area contributed by atoms with E-state index in [2.05, 4.69) is 15.4 Å². The van der Waals surface area contributed by atoms with E-state index in [1.807, 2.05) is 30.3 Å². The third-order valence-corrected chi connectivity index (χ3v) is 5.12. The van der Waals surface area contributed by atoms with Crippen LogP contribution in [0.2, 0.25) is 0 Å². The highest BCUT2D eigenvalue weighted by atomic mass is 16.7. The molecule has 0 bridgehead atoms. The number of hydrogen-bond donors (Lipinski definition) is 1. The topological polar surface area (TPSA) is 71.0 Å². The molecule has 2 fully saturated rings. The molecule has 1 saturated heterocycles. The molecule has 0 aromatic heterocycles. The average molecular weight is 357 g/mol. The summed E-state index contributed by atoms with van der Waals surface area (Å²) in [5.74, 6) is -0.334. The predicted molar refractivity (Wildman–Crippen MR) is 99.7 cm³/mol. The van der Waals surface area contributed by atoms with Crippen molar-refractivity contribution in [1.29, 1.82) is 0 Å². The van der Waals surface area contributed by atoms with Gasteiger partial charge in [0.25, 0.3) is 0 Å². The molecule has 2 atom stereocenters. The Morgan fingerprint density at radius 1 is 1.23 bits per heavy atom. The Hall–Kier alpha value is -2.21. The van der Waals surface area contributed by atoms with Crippen molar-refractivity contribution in [3.63, 3.8) is 0 Å². The summed E-state index contributed by atoms with van der Waals surface area (Å²) >= 11 is 0. The second kappa shape index (κ2) is 8.94. The van der Waals surface area contributed by atoms with Crippen LogP contribution in [0.5, 0.6) is 0 Å². The fourth-order valence-corrected chi connectivity index (χ4v) is 3.88. The van der Waals surface area contributed by atoms with Crippen LogP contribution in [0.3, 0.4) is 0 Å². The summed E-state index contributed by atoms with van der Waals surface area (Å²) in [6.07, 6.45) is 5.09. The molecule has 6 nitrogen and oxygen atoms in total. The minimum absolute atomic E-state index is 0.0609. The van der Waals surface area contributed by atoms with Gasteiger partial charge in [0.2, 0.25) is 5.91 Å². The first kappa shape index (κ1) is 18.6. The van der Waals surface area contributed by atoms with Gasteiger partial charge in [0.05, 0.1) is 12.1 Å². The maximum atomic E-state index is 12.5. The molecule has 0 radical (unpaired) electrons. The van der Waals surface area contributed by atoms with Crippen LogP contribution in [-0.4, -0.2) is 47.7 Å². The first-order chi connectivity index (χ1) is 12.6. The Kier molecular flexibility index (Phi) is 6.39.